The molecule has 2 rings (SSSR count). The van der Waals surface area contributed by atoms with E-state index in [4.69, 9.17) is 5.11 Å². The van der Waals surface area contributed by atoms with Crippen molar-refractivity contribution in [1.29, 1.82) is 0 Å². The molecule has 0 spiro atoms. The third-order valence-corrected chi connectivity index (χ3v) is 4.11. The zero-order valence-corrected chi connectivity index (χ0v) is 11.8. The Balaban J connectivity index is 2.51. The Kier molecular flexibility index (Phi) is 3.64. The first-order valence-electron chi connectivity index (χ1n) is 5.66. The van der Waals surface area contributed by atoms with Crippen LogP contribution < -0.4 is 4.72 Å². The smallest absolute Gasteiger partial charge is 0.335 e. The minimum absolute atomic E-state index is 0.195. The number of hydrogen-bond donors (Lipinski definition) is 3. The van der Waals surface area contributed by atoms with Gasteiger partial charge in [-0.05, 0) is 26.0 Å². The van der Waals surface area contributed by atoms with Crippen molar-refractivity contribution >= 4 is 21.9 Å². The molecule has 0 bridgehead atoms. The number of halogens is 1. The number of rotatable bonds is 4. The molecule has 8 nitrogen and oxygen atoms in total. The Morgan fingerprint density at radius 1 is 1.38 bits per heavy atom. The summed E-state index contributed by atoms with van der Waals surface area (Å²) in [4.78, 5) is 14.2. The van der Waals surface area contributed by atoms with Gasteiger partial charge >= 0.3 is 5.97 Å². The van der Waals surface area contributed by atoms with Crippen LogP contribution in [0.25, 0.3) is 0 Å². The summed E-state index contributed by atoms with van der Waals surface area (Å²) in [5.41, 5.74) is -0.663. The van der Waals surface area contributed by atoms with Crippen LogP contribution in [0.5, 0.6) is 0 Å². The SMILES string of the molecule is Cc1nc(NS(=O)(=O)c2cc(C(=O)O)cc(F)c2C)n[nH]1. The fraction of sp³-hybridized carbons (Fsp3) is 0.182. The van der Waals surface area contributed by atoms with E-state index >= 15 is 0 Å². The Morgan fingerprint density at radius 3 is 2.57 bits per heavy atom. The van der Waals surface area contributed by atoms with Gasteiger partial charge in [0.25, 0.3) is 16.0 Å². The summed E-state index contributed by atoms with van der Waals surface area (Å²) in [7, 11) is -4.21. The van der Waals surface area contributed by atoms with Gasteiger partial charge in [-0.3, -0.25) is 5.10 Å². The van der Waals surface area contributed by atoms with Crippen LogP contribution >= 0.6 is 0 Å². The fourth-order valence-electron chi connectivity index (χ4n) is 1.62. The molecule has 0 saturated carbocycles. The zero-order valence-electron chi connectivity index (χ0n) is 11.0. The molecule has 0 aliphatic heterocycles. The monoisotopic (exact) mass is 314 g/mol. The molecule has 2 aromatic rings. The van der Waals surface area contributed by atoms with Crippen LogP contribution in [0.1, 0.15) is 21.7 Å². The van der Waals surface area contributed by atoms with E-state index in [9.17, 15) is 17.6 Å². The lowest BCUT2D eigenvalue weighted by Gasteiger charge is -2.09. The number of nitrogens with one attached hydrogen (secondary N) is 2. The number of carbonyl (C=O) groups is 1. The van der Waals surface area contributed by atoms with Gasteiger partial charge in [-0.1, -0.05) is 0 Å². The second-order valence-electron chi connectivity index (χ2n) is 4.24. The maximum absolute atomic E-state index is 13.7. The lowest BCUT2D eigenvalue weighted by Crippen LogP contribution is -2.17. The van der Waals surface area contributed by atoms with Crippen molar-refractivity contribution in [3.8, 4) is 0 Å². The van der Waals surface area contributed by atoms with Crippen molar-refractivity contribution in [2.24, 2.45) is 0 Å². The molecule has 0 fully saturated rings. The molecule has 1 aromatic heterocycles. The Bertz CT molecular complexity index is 816. The van der Waals surface area contributed by atoms with Gasteiger partial charge in [-0.2, -0.15) is 4.98 Å². The van der Waals surface area contributed by atoms with Crippen LogP contribution in [0.2, 0.25) is 0 Å². The molecule has 10 heteroatoms. The average molecular weight is 314 g/mol. The summed E-state index contributed by atoms with van der Waals surface area (Å²) in [5.74, 6) is -2.19. The predicted octanol–water partition coefficient (Wildman–Crippen LogP) is 1.06. The van der Waals surface area contributed by atoms with E-state index in [-0.39, 0.29) is 11.5 Å². The third kappa shape index (κ3) is 2.99. The highest BCUT2D eigenvalue weighted by molar-refractivity contribution is 7.92. The number of carboxylic acids is 1. The number of anilines is 1. The molecule has 0 aliphatic carbocycles. The molecule has 1 heterocycles. The summed E-state index contributed by atoms with van der Waals surface area (Å²) >= 11 is 0. The van der Waals surface area contributed by atoms with Crippen LogP contribution in [0.15, 0.2) is 17.0 Å². The second-order valence-corrected chi connectivity index (χ2v) is 5.89. The van der Waals surface area contributed by atoms with E-state index in [1.807, 2.05) is 4.72 Å². The maximum Gasteiger partial charge on any atom is 0.335 e. The lowest BCUT2D eigenvalue weighted by atomic mass is 10.1. The molecule has 0 amide bonds. The highest BCUT2D eigenvalue weighted by atomic mass is 32.2. The molecular formula is C11H11FN4O4S. The lowest BCUT2D eigenvalue weighted by molar-refractivity contribution is 0.0696. The average Bonchev–Trinajstić information content (AvgIpc) is 2.76. The number of hydrogen-bond acceptors (Lipinski definition) is 5. The molecule has 112 valence electrons. The van der Waals surface area contributed by atoms with E-state index in [0.717, 1.165) is 12.1 Å². The quantitative estimate of drug-likeness (QED) is 0.775. The highest BCUT2D eigenvalue weighted by Gasteiger charge is 2.23. The van der Waals surface area contributed by atoms with E-state index < -0.39 is 32.3 Å². The van der Waals surface area contributed by atoms with Gasteiger partial charge in [0.2, 0.25) is 0 Å². The van der Waals surface area contributed by atoms with Gasteiger partial charge in [-0.25, -0.2) is 22.3 Å². The molecule has 0 unspecified atom stereocenters. The number of aromatic nitrogens is 3. The van der Waals surface area contributed by atoms with E-state index in [1.165, 1.54) is 6.92 Å². The van der Waals surface area contributed by atoms with Crippen molar-refractivity contribution in [1.82, 2.24) is 15.2 Å². The highest BCUT2D eigenvalue weighted by Crippen LogP contribution is 2.22. The molecule has 3 N–H and O–H groups in total. The molecule has 21 heavy (non-hydrogen) atoms. The van der Waals surface area contributed by atoms with Crippen LogP contribution in [-0.2, 0) is 10.0 Å². The first kappa shape index (κ1) is 14.9. The van der Waals surface area contributed by atoms with E-state index in [2.05, 4.69) is 15.2 Å². The topological polar surface area (TPSA) is 125 Å². The number of carboxylic acid groups (broad SMARTS) is 1. The van der Waals surface area contributed by atoms with Gasteiger partial charge < -0.3 is 5.11 Å². The van der Waals surface area contributed by atoms with Gasteiger partial charge in [0.15, 0.2) is 0 Å². The number of sulfonamides is 1. The third-order valence-electron chi connectivity index (χ3n) is 2.66. The van der Waals surface area contributed by atoms with E-state index in [1.54, 1.807) is 6.92 Å². The molecule has 0 aliphatic rings. The Labute approximate surface area is 119 Å². The normalized spacial score (nSPS) is 11.4. The number of aromatic carboxylic acids is 1. The molecule has 0 saturated heterocycles. The van der Waals surface area contributed by atoms with Crippen molar-refractivity contribution in [2.75, 3.05) is 4.72 Å². The van der Waals surface area contributed by atoms with Crippen molar-refractivity contribution in [3.63, 3.8) is 0 Å². The predicted molar refractivity (Wildman–Crippen MR) is 70.0 cm³/mol. The second kappa shape index (κ2) is 5.13. The number of H-pyrrole nitrogens is 1. The number of benzene rings is 1. The number of aryl methyl sites for hydroxylation is 1. The van der Waals surface area contributed by atoms with Gasteiger partial charge in [-0.15, -0.1) is 5.10 Å². The van der Waals surface area contributed by atoms with Gasteiger partial charge in [0.05, 0.1) is 10.5 Å². The largest absolute Gasteiger partial charge is 0.478 e. The summed E-state index contributed by atoms with van der Waals surface area (Å²) in [6.07, 6.45) is 0. The molecule has 1 aromatic carbocycles. The van der Waals surface area contributed by atoms with Crippen molar-refractivity contribution in [3.05, 3.63) is 34.9 Å². The van der Waals surface area contributed by atoms with Gasteiger partial charge in [0.1, 0.15) is 11.6 Å². The van der Waals surface area contributed by atoms with Crippen molar-refractivity contribution in [2.45, 2.75) is 18.7 Å². The minimum atomic E-state index is -4.21. The summed E-state index contributed by atoms with van der Waals surface area (Å²) in [5, 5.41) is 14.9. The summed E-state index contributed by atoms with van der Waals surface area (Å²) in [6.45, 7) is 2.81. The standard InChI is InChI=1S/C11H11FN4O4S/c1-5-8(12)3-7(10(17)18)4-9(5)21(19,20)16-11-13-6(2)14-15-11/h3-4H,1-2H3,(H,17,18)(H2,13,14,15,16). The zero-order chi connectivity index (χ0) is 15.8. The summed E-state index contributed by atoms with van der Waals surface area (Å²) in [6, 6.07) is 1.64. The Morgan fingerprint density at radius 2 is 2.05 bits per heavy atom. The van der Waals surface area contributed by atoms with Crippen LogP contribution in [0.3, 0.4) is 0 Å². The summed E-state index contributed by atoms with van der Waals surface area (Å²) < 4.78 is 40.1. The van der Waals surface area contributed by atoms with Crippen LogP contribution in [0, 0.1) is 19.7 Å². The molecular weight excluding hydrogens is 303 g/mol. The Hall–Kier alpha value is -2.49. The van der Waals surface area contributed by atoms with Crippen LogP contribution in [-0.4, -0.2) is 34.7 Å². The first-order valence-corrected chi connectivity index (χ1v) is 7.14. The maximum atomic E-state index is 13.7. The first-order chi connectivity index (χ1) is 9.70. The number of aromatic amines is 1. The van der Waals surface area contributed by atoms with Crippen molar-refractivity contribution < 1.29 is 22.7 Å². The fourth-order valence-corrected chi connectivity index (χ4v) is 2.84. The molecule has 0 radical (unpaired) electrons. The van der Waals surface area contributed by atoms with Crippen LogP contribution in [0.4, 0.5) is 10.3 Å². The minimum Gasteiger partial charge on any atom is -0.478 e. The molecule has 0 atom stereocenters. The van der Waals surface area contributed by atoms with Gasteiger partial charge in [0, 0.05) is 5.56 Å². The number of nitrogens with zero attached hydrogens (tertiary/aromatic N) is 2. The van der Waals surface area contributed by atoms with E-state index in [0.29, 0.717) is 5.82 Å².